The number of nitrogens with zero attached hydrogens (tertiary/aromatic N) is 1. The fourth-order valence-electron chi connectivity index (χ4n) is 4.35. The second kappa shape index (κ2) is 11.2. The number of aliphatic imine (C=N–C) groups is 1. The minimum absolute atomic E-state index is 0.0801. The Hall–Kier alpha value is -2.28. The molecule has 7 heteroatoms. The van der Waals surface area contributed by atoms with Crippen LogP contribution in [-0.4, -0.2) is 51.8 Å². The van der Waals surface area contributed by atoms with Crippen molar-refractivity contribution in [2.24, 2.45) is 10.4 Å². The SMILES string of the molecule is CCOCCC1(CNC(=NC)NCCOc2ccc3c(c2)CCC(=O)N3)CCCC1. The number of guanidine groups is 1. The lowest BCUT2D eigenvalue weighted by Crippen LogP contribution is -2.44. The number of carbonyl (C=O) groups is 1. The van der Waals surface area contributed by atoms with Crippen LogP contribution >= 0.6 is 0 Å². The molecule has 1 aliphatic heterocycles. The highest BCUT2D eigenvalue weighted by molar-refractivity contribution is 5.94. The van der Waals surface area contributed by atoms with Gasteiger partial charge in [-0.15, -0.1) is 0 Å². The van der Waals surface area contributed by atoms with Gasteiger partial charge in [-0.2, -0.15) is 0 Å². The first-order chi connectivity index (χ1) is 14.6. The Morgan fingerprint density at radius 2 is 2.03 bits per heavy atom. The molecule has 2 aliphatic rings. The van der Waals surface area contributed by atoms with Crippen molar-refractivity contribution in [3.05, 3.63) is 23.8 Å². The van der Waals surface area contributed by atoms with E-state index in [0.29, 0.717) is 25.0 Å². The van der Waals surface area contributed by atoms with Gasteiger partial charge in [0.2, 0.25) is 5.91 Å². The Morgan fingerprint density at radius 3 is 2.80 bits per heavy atom. The van der Waals surface area contributed by atoms with Crippen LogP contribution < -0.4 is 20.7 Å². The van der Waals surface area contributed by atoms with Crippen molar-refractivity contribution in [1.29, 1.82) is 0 Å². The lowest BCUT2D eigenvalue weighted by atomic mass is 9.83. The zero-order valence-electron chi connectivity index (χ0n) is 18.4. The zero-order valence-corrected chi connectivity index (χ0v) is 18.4. The number of rotatable bonds is 10. The van der Waals surface area contributed by atoms with Crippen molar-refractivity contribution in [3.63, 3.8) is 0 Å². The molecule has 1 heterocycles. The smallest absolute Gasteiger partial charge is 0.224 e. The summed E-state index contributed by atoms with van der Waals surface area (Å²) in [4.78, 5) is 15.8. The molecular weight excluding hydrogens is 380 g/mol. The van der Waals surface area contributed by atoms with Gasteiger partial charge < -0.3 is 25.4 Å². The third-order valence-electron chi connectivity index (χ3n) is 6.13. The number of carbonyl (C=O) groups excluding carboxylic acids is 1. The van der Waals surface area contributed by atoms with E-state index in [0.717, 1.165) is 55.6 Å². The minimum Gasteiger partial charge on any atom is -0.492 e. The van der Waals surface area contributed by atoms with Gasteiger partial charge in [-0.05, 0) is 61.8 Å². The molecule has 1 aromatic carbocycles. The first-order valence-electron chi connectivity index (χ1n) is 11.2. The molecule has 0 radical (unpaired) electrons. The van der Waals surface area contributed by atoms with Gasteiger partial charge in [0.25, 0.3) is 0 Å². The monoisotopic (exact) mass is 416 g/mol. The summed E-state index contributed by atoms with van der Waals surface area (Å²) in [5, 5.41) is 9.75. The average molecular weight is 417 g/mol. The van der Waals surface area contributed by atoms with Crippen molar-refractivity contribution >= 4 is 17.6 Å². The third-order valence-corrected chi connectivity index (χ3v) is 6.13. The molecule has 3 N–H and O–H groups in total. The Balaban J connectivity index is 1.40. The molecular formula is C23H36N4O3. The molecule has 1 saturated carbocycles. The molecule has 0 aromatic heterocycles. The van der Waals surface area contributed by atoms with Gasteiger partial charge in [0.15, 0.2) is 5.96 Å². The number of hydrogen-bond donors (Lipinski definition) is 3. The number of nitrogens with one attached hydrogen (secondary N) is 3. The summed E-state index contributed by atoms with van der Waals surface area (Å²) in [5.41, 5.74) is 2.35. The van der Waals surface area contributed by atoms with Gasteiger partial charge >= 0.3 is 0 Å². The Bertz CT molecular complexity index is 729. The molecule has 1 fully saturated rings. The van der Waals surface area contributed by atoms with Crippen LogP contribution in [0, 0.1) is 5.41 Å². The second-order valence-corrected chi connectivity index (χ2v) is 8.22. The lowest BCUT2D eigenvalue weighted by Gasteiger charge is -2.30. The number of anilines is 1. The molecule has 0 spiro atoms. The van der Waals surface area contributed by atoms with E-state index in [-0.39, 0.29) is 5.91 Å². The second-order valence-electron chi connectivity index (χ2n) is 8.22. The molecule has 0 bridgehead atoms. The van der Waals surface area contributed by atoms with Gasteiger partial charge in [0.1, 0.15) is 12.4 Å². The standard InChI is InChI=1S/C23H36N4O3/c1-3-29-14-12-23(10-4-5-11-23)17-26-22(24-2)25-13-15-30-19-7-8-20-18(16-19)6-9-21(28)27-20/h7-8,16H,3-6,9-15,17H2,1-2H3,(H,27,28)(H2,24,25,26). The Kier molecular flexibility index (Phi) is 8.37. The molecule has 166 valence electrons. The number of ether oxygens (including phenoxy) is 2. The molecule has 0 atom stereocenters. The van der Waals surface area contributed by atoms with Crippen LogP contribution in [0.5, 0.6) is 5.75 Å². The number of benzene rings is 1. The molecule has 7 nitrogen and oxygen atoms in total. The van der Waals surface area contributed by atoms with Crippen molar-refractivity contribution in [2.75, 3.05) is 45.3 Å². The van der Waals surface area contributed by atoms with E-state index in [1.165, 1.54) is 25.7 Å². The summed E-state index contributed by atoms with van der Waals surface area (Å²) in [6, 6.07) is 5.84. The van der Waals surface area contributed by atoms with Crippen molar-refractivity contribution in [3.8, 4) is 5.75 Å². The summed E-state index contributed by atoms with van der Waals surface area (Å²) < 4.78 is 11.5. The van der Waals surface area contributed by atoms with Crippen LogP contribution in [0.15, 0.2) is 23.2 Å². The van der Waals surface area contributed by atoms with E-state index >= 15 is 0 Å². The molecule has 30 heavy (non-hydrogen) atoms. The molecule has 1 aromatic rings. The van der Waals surface area contributed by atoms with Gasteiger partial charge in [-0.25, -0.2) is 0 Å². The fraction of sp³-hybridized carbons (Fsp3) is 0.652. The summed E-state index contributed by atoms with van der Waals surface area (Å²) in [6.45, 7) is 5.81. The maximum absolute atomic E-state index is 11.5. The number of hydrogen-bond acceptors (Lipinski definition) is 4. The van der Waals surface area contributed by atoms with Crippen LogP contribution in [0.3, 0.4) is 0 Å². The van der Waals surface area contributed by atoms with Crippen molar-refractivity contribution in [1.82, 2.24) is 10.6 Å². The Morgan fingerprint density at radius 1 is 1.20 bits per heavy atom. The highest BCUT2D eigenvalue weighted by Crippen LogP contribution is 2.40. The van der Waals surface area contributed by atoms with Crippen molar-refractivity contribution < 1.29 is 14.3 Å². The molecule has 1 amide bonds. The van der Waals surface area contributed by atoms with Crippen LogP contribution in [0.2, 0.25) is 0 Å². The van der Waals surface area contributed by atoms with E-state index in [9.17, 15) is 4.79 Å². The van der Waals surface area contributed by atoms with Crippen LogP contribution in [0.25, 0.3) is 0 Å². The molecule has 0 saturated heterocycles. The number of fused-ring (bicyclic) bond motifs is 1. The van der Waals surface area contributed by atoms with Gasteiger partial charge in [-0.1, -0.05) is 12.8 Å². The maximum atomic E-state index is 11.5. The van der Waals surface area contributed by atoms with E-state index in [1.54, 1.807) is 7.05 Å². The molecule has 0 unspecified atom stereocenters. The zero-order chi connectivity index (χ0) is 21.2. The first-order valence-corrected chi connectivity index (χ1v) is 11.2. The highest BCUT2D eigenvalue weighted by atomic mass is 16.5. The van der Waals surface area contributed by atoms with Gasteiger partial charge in [-0.3, -0.25) is 9.79 Å². The van der Waals surface area contributed by atoms with E-state index in [1.807, 2.05) is 18.2 Å². The lowest BCUT2D eigenvalue weighted by molar-refractivity contribution is -0.116. The Labute approximate surface area is 180 Å². The summed E-state index contributed by atoms with van der Waals surface area (Å²) in [6.07, 6.45) is 7.52. The normalized spacial score (nSPS) is 17.9. The van der Waals surface area contributed by atoms with Crippen LogP contribution in [0.4, 0.5) is 5.69 Å². The summed E-state index contributed by atoms with van der Waals surface area (Å²) >= 11 is 0. The predicted molar refractivity (Wildman–Crippen MR) is 120 cm³/mol. The van der Waals surface area contributed by atoms with E-state index in [2.05, 4.69) is 27.9 Å². The van der Waals surface area contributed by atoms with Gasteiger partial charge in [0, 0.05) is 38.9 Å². The minimum atomic E-state index is 0.0801. The van der Waals surface area contributed by atoms with Crippen LogP contribution in [0.1, 0.15) is 51.0 Å². The third kappa shape index (κ3) is 6.36. The largest absolute Gasteiger partial charge is 0.492 e. The quantitative estimate of drug-likeness (QED) is 0.310. The number of amides is 1. The summed E-state index contributed by atoms with van der Waals surface area (Å²) in [7, 11) is 1.80. The van der Waals surface area contributed by atoms with Crippen molar-refractivity contribution in [2.45, 2.75) is 51.9 Å². The first kappa shape index (κ1) is 22.4. The van der Waals surface area contributed by atoms with E-state index < -0.39 is 0 Å². The van der Waals surface area contributed by atoms with Crippen LogP contribution in [-0.2, 0) is 16.0 Å². The van der Waals surface area contributed by atoms with Gasteiger partial charge in [0.05, 0.1) is 6.54 Å². The molecule has 1 aliphatic carbocycles. The van der Waals surface area contributed by atoms with E-state index in [4.69, 9.17) is 9.47 Å². The summed E-state index contributed by atoms with van der Waals surface area (Å²) in [5.74, 6) is 1.72. The highest BCUT2D eigenvalue weighted by Gasteiger charge is 2.33. The topological polar surface area (TPSA) is 84.0 Å². The number of aryl methyl sites for hydroxylation is 1. The maximum Gasteiger partial charge on any atom is 0.224 e. The average Bonchev–Trinajstić information content (AvgIpc) is 3.22. The predicted octanol–water partition coefficient (Wildman–Crippen LogP) is 3.10. The fourth-order valence-corrected chi connectivity index (χ4v) is 4.35. The molecule has 3 rings (SSSR count).